The van der Waals surface area contributed by atoms with Crippen LogP contribution in [0.4, 0.5) is 30.5 Å². The maximum Gasteiger partial charge on any atom is 0.416 e. The van der Waals surface area contributed by atoms with E-state index in [9.17, 15) is 18.0 Å². The molecule has 0 spiro atoms. The van der Waals surface area contributed by atoms with Crippen molar-refractivity contribution in [2.24, 2.45) is 5.73 Å². The van der Waals surface area contributed by atoms with Gasteiger partial charge < -0.3 is 16.4 Å². The predicted octanol–water partition coefficient (Wildman–Crippen LogP) is 3.22. The zero-order valence-electron chi connectivity index (χ0n) is 15.2. The number of halogens is 3. The van der Waals surface area contributed by atoms with Crippen molar-refractivity contribution in [3.05, 3.63) is 71.3 Å². The number of anilines is 3. The molecule has 0 aliphatic rings. The highest BCUT2D eigenvalue weighted by molar-refractivity contribution is 5.98. The van der Waals surface area contributed by atoms with Gasteiger partial charge in [0.25, 0.3) is 5.91 Å². The minimum atomic E-state index is -4.55. The van der Waals surface area contributed by atoms with E-state index in [1.165, 1.54) is 30.6 Å². The van der Waals surface area contributed by atoms with E-state index in [1.807, 2.05) is 6.07 Å². The zero-order valence-corrected chi connectivity index (χ0v) is 15.2. The fourth-order valence-corrected chi connectivity index (χ4v) is 2.60. The molecular weight excluding hydrogens is 399 g/mol. The molecule has 152 valence electrons. The number of nitrogens with two attached hydrogens (primary N) is 1. The molecule has 3 aromatic heterocycles. The van der Waals surface area contributed by atoms with Crippen LogP contribution >= 0.6 is 0 Å². The molecule has 0 bridgehead atoms. The molecular formula is C19H14F3N7O. The van der Waals surface area contributed by atoms with Crippen LogP contribution < -0.4 is 16.4 Å². The molecule has 3 heterocycles. The number of pyridine rings is 3. The number of nitriles is 1. The summed E-state index contributed by atoms with van der Waals surface area (Å²) >= 11 is 0. The molecule has 0 unspecified atom stereocenters. The van der Waals surface area contributed by atoms with E-state index in [0.29, 0.717) is 11.4 Å². The average Bonchev–Trinajstić information content (AvgIpc) is 2.72. The van der Waals surface area contributed by atoms with Gasteiger partial charge in [-0.25, -0.2) is 9.97 Å². The average molecular weight is 413 g/mol. The highest BCUT2D eigenvalue weighted by atomic mass is 19.4. The molecule has 0 saturated carbocycles. The van der Waals surface area contributed by atoms with Crippen LogP contribution in [0, 0.1) is 11.3 Å². The quantitative estimate of drug-likeness (QED) is 0.566. The van der Waals surface area contributed by atoms with Crippen LogP contribution in [0.25, 0.3) is 0 Å². The highest BCUT2D eigenvalue weighted by Gasteiger charge is 2.33. The van der Waals surface area contributed by atoms with Gasteiger partial charge >= 0.3 is 6.18 Å². The van der Waals surface area contributed by atoms with Crippen LogP contribution in [0.1, 0.15) is 27.0 Å². The summed E-state index contributed by atoms with van der Waals surface area (Å²) in [4.78, 5) is 23.5. The van der Waals surface area contributed by atoms with Crippen molar-refractivity contribution in [3.8, 4) is 6.07 Å². The summed E-state index contributed by atoms with van der Waals surface area (Å²) in [6, 6.07) is 7.26. The topological polar surface area (TPSA) is 130 Å². The number of hydrogen-bond acceptors (Lipinski definition) is 7. The molecule has 8 nitrogen and oxygen atoms in total. The second-order valence-corrected chi connectivity index (χ2v) is 6.03. The number of carbonyl (C=O) groups excluding carboxylic acids is 1. The third-order valence-corrected chi connectivity index (χ3v) is 3.99. The fourth-order valence-electron chi connectivity index (χ4n) is 2.60. The number of hydrogen-bond donors (Lipinski definition) is 3. The normalized spacial score (nSPS) is 10.9. The Bertz CT molecular complexity index is 1130. The van der Waals surface area contributed by atoms with Crippen LogP contribution in [-0.4, -0.2) is 20.9 Å². The van der Waals surface area contributed by atoms with Gasteiger partial charge in [0.05, 0.1) is 28.4 Å². The van der Waals surface area contributed by atoms with Crippen LogP contribution in [0.3, 0.4) is 0 Å². The van der Waals surface area contributed by atoms with E-state index < -0.39 is 17.6 Å². The van der Waals surface area contributed by atoms with E-state index in [-0.39, 0.29) is 29.2 Å². The lowest BCUT2D eigenvalue weighted by atomic mass is 10.1. The Morgan fingerprint density at radius 1 is 1.13 bits per heavy atom. The van der Waals surface area contributed by atoms with Crippen molar-refractivity contribution in [2.45, 2.75) is 12.7 Å². The second kappa shape index (κ2) is 8.44. The molecule has 0 fully saturated rings. The SMILES string of the molecule is N#Cc1ccnc(Nc2cc(NCc3cnccc3C(F)(F)F)c(C(N)=O)cn2)c1. The fraction of sp³-hybridized carbons (Fsp3) is 0.105. The number of rotatable bonds is 6. The Morgan fingerprint density at radius 2 is 1.90 bits per heavy atom. The summed E-state index contributed by atoms with van der Waals surface area (Å²) in [5, 5.41) is 14.6. The van der Waals surface area contributed by atoms with Crippen molar-refractivity contribution < 1.29 is 18.0 Å². The summed E-state index contributed by atoms with van der Waals surface area (Å²) in [7, 11) is 0. The van der Waals surface area contributed by atoms with Crippen molar-refractivity contribution in [3.63, 3.8) is 0 Å². The number of carbonyl (C=O) groups is 1. The number of amides is 1. The first-order valence-electron chi connectivity index (χ1n) is 8.45. The largest absolute Gasteiger partial charge is 0.416 e. The summed E-state index contributed by atoms with van der Waals surface area (Å²) in [6.45, 7) is -0.255. The lowest BCUT2D eigenvalue weighted by Crippen LogP contribution is -2.17. The molecule has 3 aromatic rings. The second-order valence-electron chi connectivity index (χ2n) is 6.03. The van der Waals surface area contributed by atoms with Crippen molar-refractivity contribution in [1.82, 2.24) is 15.0 Å². The molecule has 0 saturated heterocycles. The predicted molar refractivity (Wildman–Crippen MR) is 102 cm³/mol. The minimum Gasteiger partial charge on any atom is -0.380 e. The maximum absolute atomic E-state index is 13.2. The molecule has 11 heteroatoms. The summed E-state index contributed by atoms with van der Waals surface area (Å²) < 4.78 is 39.5. The molecule has 4 N–H and O–H groups in total. The van der Waals surface area contributed by atoms with E-state index >= 15 is 0 Å². The van der Waals surface area contributed by atoms with Crippen molar-refractivity contribution in [2.75, 3.05) is 10.6 Å². The number of alkyl halides is 3. The van der Waals surface area contributed by atoms with Crippen LogP contribution in [0.5, 0.6) is 0 Å². The molecule has 3 rings (SSSR count). The molecule has 30 heavy (non-hydrogen) atoms. The van der Waals surface area contributed by atoms with Gasteiger partial charge in [-0.05, 0) is 18.2 Å². The Kier molecular flexibility index (Phi) is 5.78. The van der Waals surface area contributed by atoms with Crippen LogP contribution in [-0.2, 0) is 12.7 Å². The molecule has 1 amide bonds. The Morgan fingerprint density at radius 3 is 2.60 bits per heavy atom. The van der Waals surface area contributed by atoms with Gasteiger partial charge in [-0.15, -0.1) is 0 Å². The Balaban J connectivity index is 1.87. The Hall–Kier alpha value is -4.20. The summed E-state index contributed by atoms with van der Waals surface area (Å²) in [6.07, 6.45) is 0.220. The van der Waals surface area contributed by atoms with Crippen LogP contribution in [0.15, 0.2) is 49.1 Å². The van der Waals surface area contributed by atoms with E-state index in [4.69, 9.17) is 11.0 Å². The monoisotopic (exact) mass is 413 g/mol. The number of nitrogens with zero attached hydrogens (tertiary/aromatic N) is 4. The lowest BCUT2D eigenvalue weighted by molar-refractivity contribution is -0.138. The first-order chi connectivity index (χ1) is 14.3. The van der Waals surface area contributed by atoms with Gasteiger partial charge in [-0.2, -0.15) is 18.4 Å². The number of primary amides is 1. The van der Waals surface area contributed by atoms with E-state index in [1.54, 1.807) is 0 Å². The molecule has 0 aliphatic heterocycles. The molecule has 0 aliphatic carbocycles. The zero-order chi connectivity index (χ0) is 21.7. The van der Waals surface area contributed by atoms with E-state index in [0.717, 1.165) is 18.5 Å². The van der Waals surface area contributed by atoms with Gasteiger partial charge in [0.15, 0.2) is 0 Å². The van der Waals surface area contributed by atoms with E-state index in [2.05, 4.69) is 25.6 Å². The van der Waals surface area contributed by atoms with Gasteiger partial charge in [0, 0.05) is 43.0 Å². The van der Waals surface area contributed by atoms with Gasteiger partial charge in [-0.1, -0.05) is 0 Å². The third-order valence-electron chi connectivity index (χ3n) is 3.99. The number of nitrogens with one attached hydrogen (secondary N) is 2. The molecule has 0 radical (unpaired) electrons. The minimum absolute atomic E-state index is 0.00302. The van der Waals surface area contributed by atoms with Crippen LogP contribution in [0.2, 0.25) is 0 Å². The van der Waals surface area contributed by atoms with Gasteiger partial charge in [0.1, 0.15) is 11.6 Å². The first kappa shape index (κ1) is 20.5. The maximum atomic E-state index is 13.2. The van der Waals surface area contributed by atoms with Gasteiger partial charge in [-0.3, -0.25) is 9.78 Å². The smallest absolute Gasteiger partial charge is 0.380 e. The third kappa shape index (κ3) is 4.79. The highest BCUT2D eigenvalue weighted by Crippen LogP contribution is 2.32. The summed E-state index contributed by atoms with van der Waals surface area (Å²) in [5.41, 5.74) is 4.95. The molecule has 0 atom stereocenters. The number of aromatic nitrogens is 3. The summed E-state index contributed by atoms with van der Waals surface area (Å²) in [5.74, 6) is -0.235. The Labute approximate surface area is 168 Å². The van der Waals surface area contributed by atoms with Gasteiger partial charge in [0.2, 0.25) is 0 Å². The lowest BCUT2D eigenvalue weighted by Gasteiger charge is -2.15. The molecule has 0 aromatic carbocycles. The van der Waals surface area contributed by atoms with Crippen molar-refractivity contribution in [1.29, 1.82) is 5.26 Å². The standard InChI is InChI=1S/C19H14F3N7O/c20-19(21,22)14-2-3-25-8-12(14)9-27-15-6-17(28-10-13(15)18(24)30)29-16-5-11(7-23)1-4-26-16/h1-6,8,10H,9H2,(H2,24,30)(H2,26,27,28,29). The van der Waals surface area contributed by atoms with Crippen molar-refractivity contribution >= 4 is 23.2 Å². The first-order valence-corrected chi connectivity index (χ1v) is 8.45.